The van der Waals surface area contributed by atoms with Crippen LogP contribution in [-0.2, 0) is 6.42 Å². The normalized spacial score (nSPS) is 10.9. The highest BCUT2D eigenvalue weighted by molar-refractivity contribution is 5.95. The van der Waals surface area contributed by atoms with Crippen LogP contribution in [0.3, 0.4) is 0 Å². The molecule has 0 unspecified atom stereocenters. The molecule has 2 rings (SSSR count). The lowest BCUT2D eigenvalue weighted by atomic mass is 10.0. The molecule has 0 saturated carbocycles. The lowest BCUT2D eigenvalue weighted by molar-refractivity contribution is 0.0697. The highest BCUT2D eigenvalue weighted by atomic mass is 16.4. The van der Waals surface area contributed by atoms with E-state index in [9.17, 15) is 4.79 Å². The highest BCUT2D eigenvalue weighted by Gasteiger charge is 2.10. The number of carbonyl (C=O) groups is 1. The molecule has 0 spiro atoms. The molecule has 17 heavy (non-hydrogen) atoms. The van der Waals surface area contributed by atoms with Gasteiger partial charge in [0, 0.05) is 16.6 Å². The third-order valence-corrected chi connectivity index (χ3v) is 3.00. The van der Waals surface area contributed by atoms with Gasteiger partial charge in [-0.25, -0.2) is 4.79 Å². The largest absolute Gasteiger partial charge is 0.478 e. The topological polar surface area (TPSA) is 79.1 Å². The molecule has 0 saturated heterocycles. The molecule has 0 bridgehead atoms. The van der Waals surface area contributed by atoms with Gasteiger partial charge in [0.2, 0.25) is 0 Å². The Kier molecular flexibility index (Phi) is 3.15. The van der Waals surface area contributed by atoms with E-state index in [-0.39, 0.29) is 0 Å². The summed E-state index contributed by atoms with van der Waals surface area (Å²) in [6, 6.07) is 5.16. The van der Waals surface area contributed by atoms with Crippen LogP contribution in [0.2, 0.25) is 0 Å². The minimum absolute atomic E-state index is 0.325. The Morgan fingerprint density at radius 1 is 1.47 bits per heavy atom. The van der Waals surface area contributed by atoms with Crippen molar-refractivity contribution in [2.75, 3.05) is 6.54 Å². The Hall–Kier alpha value is -1.81. The van der Waals surface area contributed by atoms with E-state index < -0.39 is 5.97 Å². The van der Waals surface area contributed by atoms with Crippen molar-refractivity contribution in [3.8, 4) is 0 Å². The van der Waals surface area contributed by atoms with E-state index in [1.54, 1.807) is 12.1 Å². The van der Waals surface area contributed by atoms with Gasteiger partial charge in [0.05, 0.1) is 5.56 Å². The number of carboxylic acid groups (broad SMARTS) is 1. The number of benzene rings is 1. The molecular formula is C13H16N2O2. The molecule has 0 aliphatic rings. The smallest absolute Gasteiger partial charge is 0.335 e. The summed E-state index contributed by atoms with van der Waals surface area (Å²) in [7, 11) is 0. The maximum Gasteiger partial charge on any atom is 0.335 e. The van der Waals surface area contributed by atoms with Crippen LogP contribution in [0.25, 0.3) is 10.9 Å². The van der Waals surface area contributed by atoms with Crippen LogP contribution < -0.4 is 5.73 Å². The maximum absolute atomic E-state index is 10.9. The summed E-state index contributed by atoms with van der Waals surface area (Å²) in [6.07, 6.45) is 1.79. The van der Waals surface area contributed by atoms with Gasteiger partial charge in [0.15, 0.2) is 0 Å². The van der Waals surface area contributed by atoms with Crippen molar-refractivity contribution in [2.45, 2.75) is 19.8 Å². The van der Waals surface area contributed by atoms with Crippen LogP contribution in [-0.4, -0.2) is 22.6 Å². The number of hydrogen-bond acceptors (Lipinski definition) is 2. The molecule has 0 fully saturated rings. The number of aromatic amines is 1. The Balaban J connectivity index is 2.52. The molecular weight excluding hydrogens is 216 g/mol. The van der Waals surface area contributed by atoms with Gasteiger partial charge in [0.25, 0.3) is 0 Å². The van der Waals surface area contributed by atoms with Gasteiger partial charge in [-0.15, -0.1) is 0 Å². The minimum atomic E-state index is -0.893. The van der Waals surface area contributed by atoms with Gasteiger partial charge in [-0.05, 0) is 50.1 Å². The standard InChI is InChI=1S/C13H16N2O2/c1-8-10(3-2-6-14)11-7-9(13(16)17)4-5-12(11)15-8/h4-5,7,15H,2-3,6,14H2,1H3,(H,16,17). The Morgan fingerprint density at radius 2 is 2.24 bits per heavy atom. The SMILES string of the molecule is Cc1[nH]c2ccc(C(=O)O)cc2c1CCCN. The average Bonchev–Trinajstić information content (AvgIpc) is 2.61. The predicted molar refractivity (Wildman–Crippen MR) is 67.4 cm³/mol. The van der Waals surface area contributed by atoms with E-state index in [0.29, 0.717) is 12.1 Å². The molecule has 4 N–H and O–H groups in total. The van der Waals surface area contributed by atoms with Crippen molar-refractivity contribution in [2.24, 2.45) is 5.73 Å². The van der Waals surface area contributed by atoms with Crippen LogP contribution in [0, 0.1) is 6.92 Å². The first-order chi connectivity index (χ1) is 8.13. The fourth-order valence-corrected chi connectivity index (χ4v) is 2.12. The molecule has 4 heteroatoms. The maximum atomic E-state index is 10.9. The first-order valence-corrected chi connectivity index (χ1v) is 5.68. The quantitative estimate of drug-likeness (QED) is 0.755. The molecule has 1 aromatic heterocycles. The molecule has 0 atom stereocenters. The third kappa shape index (κ3) is 2.17. The molecule has 4 nitrogen and oxygen atoms in total. The molecule has 90 valence electrons. The number of carboxylic acids is 1. The fourth-order valence-electron chi connectivity index (χ4n) is 2.12. The fraction of sp³-hybridized carbons (Fsp3) is 0.308. The van der Waals surface area contributed by atoms with E-state index in [4.69, 9.17) is 10.8 Å². The number of aryl methyl sites for hydroxylation is 2. The van der Waals surface area contributed by atoms with Crippen molar-refractivity contribution in [1.29, 1.82) is 0 Å². The van der Waals surface area contributed by atoms with Gasteiger partial charge in [0.1, 0.15) is 0 Å². The van der Waals surface area contributed by atoms with Crippen LogP contribution in [0.15, 0.2) is 18.2 Å². The third-order valence-electron chi connectivity index (χ3n) is 3.00. The summed E-state index contributed by atoms with van der Waals surface area (Å²) in [5, 5.41) is 9.98. The minimum Gasteiger partial charge on any atom is -0.478 e. The van der Waals surface area contributed by atoms with E-state index in [1.165, 1.54) is 5.56 Å². The van der Waals surface area contributed by atoms with Crippen molar-refractivity contribution in [3.63, 3.8) is 0 Å². The number of nitrogens with one attached hydrogen (secondary N) is 1. The van der Waals surface area contributed by atoms with E-state index in [0.717, 1.165) is 29.4 Å². The summed E-state index contributed by atoms with van der Waals surface area (Å²) in [5.74, 6) is -0.893. The number of fused-ring (bicyclic) bond motifs is 1. The van der Waals surface area contributed by atoms with Crippen LogP contribution in [0.1, 0.15) is 28.0 Å². The summed E-state index contributed by atoms with van der Waals surface area (Å²) in [6.45, 7) is 2.65. The first kappa shape index (κ1) is 11.7. The van der Waals surface area contributed by atoms with E-state index >= 15 is 0 Å². The lowest BCUT2D eigenvalue weighted by Crippen LogP contribution is -2.01. The average molecular weight is 232 g/mol. The van der Waals surface area contributed by atoms with Crippen molar-refractivity contribution >= 4 is 16.9 Å². The second-order valence-electron chi connectivity index (χ2n) is 4.19. The summed E-state index contributed by atoms with van der Waals surface area (Å²) >= 11 is 0. The number of hydrogen-bond donors (Lipinski definition) is 3. The number of aromatic nitrogens is 1. The van der Waals surface area contributed by atoms with Gasteiger partial charge < -0.3 is 15.8 Å². The monoisotopic (exact) mass is 232 g/mol. The van der Waals surface area contributed by atoms with E-state index in [2.05, 4.69) is 4.98 Å². The molecule has 0 aliphatic heterocycles. The van der Waals surface area contributed by atoms with Gasteiger partial charge in [-0.2, -0.15) is 0 Å². The second kappa shape index (κ2) is 4.59. The zero-order valence-corrected chi connectivity index (χ0v) is 9.79. The molecule has 2 aromatic rings. The summed E-state index contributed by atoms with van der Waals surface area (Å²) < 4.78 is 0. The molecule has 1 aromatic carbocycles. The Labute approximate surface area is 99.4 Å². The van der Waals surface area contributed by atoms with Crippen molar-refractivity contribution < 1.29 is 9.90 Å². The highest BCUT2D eigenvalue weighted by Crippen LogP contribution is 2.24. The molecule has 0 radical (unpaired) electrons. The van der Waals surface area contributed by atoms with Gasteiger partial charge in [-0.3, -0.25) is 0 Å². The van der Waals surface area contributed by atoms with Crippen LogP contribution >= 0.6 is 0 Å². The lowest BCUT2D eigenvalue weighted by Gasteiger charge is -2.00. The van der Waals surface area contributed by atoms with E-state index in [1.807, 2.05) is 13.0 Å². The van der Waals surface area contributed by atoms with Crippen LogP contribution in [0.5, 0.6) is 0 Å². The molecule has 1 heterocycles. The Morgan fingerprint density at radius 3 is 2.88 bits per heavy atom. The Bertz CT molecular complexity index is 558. The molecule has 0 aliphatic carbocycles. The number of nitrogens with two attached hydrogens (primary N) is 1. The first-order valence-electron chi connectivity index (χ1n) is 5.68. The van der Waals surface area contributed by atoms with Gasteiger partial charge >= 0.3 is 5.97 Å². The zero-order valence-electron chi connectivity index (χ0n) is 9.79. The summed E-state index contributed by atoms with van der Waals surface area (Å²) in [5.41, 5.74) is 9.09. The number of H-pyrrole nitrogens is 1. The zero-order chi connectivity index (χ0) is 12.4. The second-order valence-corrected chi connectivity index (χ2v) is 4.19. The van der Waals surface area contributed by atoms with Crippen molar-refractivity contribution in [3.05, 3.63) is 35.0 Å². The number of aromatic carboxylic acids is 1. The molecule has 0 amide bonds. The predicted octanol–water partition coefficient (Wildman–Crippen LogP) is 2.07. The number of rotatable bonds is 4. The van der Waals surface area contributed by atoms with Crippen molar-refractivity contribution in [1.82, 2.24) is 4.98 Å². The van der Waals surface area contributed by atoms with Crippen LogP contribution in [0.4, 0.5) is 0 Å². The van der Waals surface area contributed by atoms with Gasteiger partial charge in [-0.1, -0.05) is 0 Å². The summed E-state index contributed by atoms with van der Waals surface area (Å²) in [4.78, 5) is 14.2.